The third-order valence-electron chi connectivity index (χ3n) is 5.15. The summed E-state index contributed by atoms with van der Waals surface area (Å²) in [7, 11) is -3.71. The molecule has 1 atom stereocenters. The Morgan fingerprint density at radius 2 is 1.63 bits per heavy atom. The van der Waals surface area contributed by atoms with Gasteiger partial charge in [0.15, 0.2) is 0 Å². The van der Waals surface area contributed by atoms with Gasteiger partial charge in [-0.2, -0.15) is 0 Å². The molecule has 1 N–H and O–H groups in total. The van der Waals surface area contributed by atoms with Gasteiger partial charge in [-0.25, -0.2) is 8.42 Å². The molecule has 1 unspecified atom stereocenters. The van der Waals surface area contributed by atoms with Crippen LogP contribution in [0.3, 0.4) is 0 Å². The number of nitrogens with zero attached hydrogens (tertiary/aromatic N) is 2. The summed E-state index contributed by atoms with van der Waals surface area (Å²) in [6, 6.07) is 14.4. The van der Waals surface area contributed by atoms with Crippen molar-refractivity contribution in [3.8, 4) is 0 Å². The number of amides is 2. The molecule has 160 valence electrons. The number of anilines is 2. The van der Waals surface area contributed by atoms with E-state index in [0.717, 1.165) is 23.4 Å². The average Bonchev–Trinajstić information content (AvgIpc) is 3.26. The highest BCUT2D eigenvalue weighted by molar-refractivity contribution is 7.92. The Balaban J connectivity index is 1.89. The standard InChI is InChI=1S/C22H27N3O4S/c1-3-20(25(30(2,28)29)17-11-5-4-6-12-17)21(26)23-19-14-8-7-13-18(19)22(27)24-15-9-10-16-24/h4-8,11-14,20H,3,9-10,15-16H2,1-2H3,(H,23,26). The topological polar surface area (TPSA) is 86.8 Å². The van der Waals surface area contributed by atoms with Crippen LogP contribution in [0, 0.1) is 0 Å². The van der Waals surface area contributed by atoms with Crippen LogP contribution in [0.2, 0.25) is 0 Å². The highest BCUT2D eigenvalue weighted by Crippen LogP contribution is 2.25. The van der Waals surface area contributed by atoms with Crippen molar-refractivity contribution in [1.82, 2.24) is 4.90 Å². The van der Waals surface area contributed by atoms with Gasteiger partial charge in [0.25, 0.3) is 5.91 Å². The zero-order chi connectivity index (χ0) is 21.7. The van der Waals surface area contributed by atoms with Crippen molar-refractivity contribution in [1.29, 1.82) is 0 Å². The Bertz CT molecular complexity index is 1000. The monoisotopic (exact) mass is 429 g/mol. The lowest BCUT2D eigenvalue weighted by Crippen LogP contribution is -2.47. The number of nitrogens with one attached hydrogen (secondary N) is 1. The highest BCUT2D eigenvalue weighted by atomic mass is 32.2. The molecule has 1 saturated heterocycles. The molecule has 0 saturated carbocycles. The Morgan fingerprint density at radius 1 is 1.03 bits per heavy atom. The molecule has 30 heavy (non-hydrogen) atoms. The fourth-order valence-electron chi connectivity index (χ4n) is 3.72. The van der Waals surface area contributed by atoms with E-state index in [0.29, 0.717) is 30.0 Å². The molecule has 0 aliphatic carbocycles. The molecular formula is C22H27N3O4S. The quantitative estimate of drug-likeness (QED) is 0.733. The molecule has 1 aliphatic heterocycles. The SMILES string of the molecule is CCC(C(=O)Nc1ccccc1C(=O)N1CCCC1)N(c1ccccc1)S(C)(=O)=O. The van der Waals surface area contributed by atoms with Gasteiger partial charge in [-0.15, -0.1) is 0 Å². The first-order valence-corrected chi connectivity index (χ1v) is 11.9. The number of benzene rings is 2. The first-order chi connectivity index (χ1) is 14.3. The van der Waals surface area contributed by atoms with Gasteiger partial charge in [0.05, 0.1) is 23.2 Å². The van der Waals surface area contributed by atoms with Gasteiger partial charge in [-0.1, -0.05) is 37.3 Å². The summed E-state index contributed by atoms with van der Waals surface area (Å²) in [4.78, 5) is 27.8. The number of para-hydroxylation sites is 2. The minimum absolute atomic E-state index is 0.125. The van der Waals surface area contributed by atoms with E-state index in [1.54, 1.807) is 66.4 Å². The Labute approximate surface area is 177 Å². The van der Waals surface area contributed by atoms with E-state index in [4.69, 9.17) is 0 Å². The summed E-state index contributed by atoms with van der Waals surface area (Å²) in [5, 5.41) is 2.80. The van der Waals surface area contributed by atoms with Crippen molar-refractivity contribution >= 4 is 33.2 Å². The van der Waals surface area contributed by atoms with Crippen molar-refractivity contribution < 1.29 is 18.0 Å². The van der Waals surface area contributed by atoms with Gasteiger partial charge < -0.3 is 10.2 Å². The second-order valence-electron chi connectivity index (χ2n) is 7.35. The first-order valence-electron chi connectivity index (χ1n) is 10.1. The maximum Gasteiger partial charge on any atom is 0.255 e. The molecule has 2 aromatic rings. The van der Waals surface area contributed by atoms with Crippen LogP contribution < -0.4 is 9.62 Å². The van der Waals surface area contributed by atoms with E-state index in [1.807, 2.05) is 0 Å². The van der Waals surface area contributed by atoms with E-state index in [9.17, 15) is 18.0 Å². The normalized spacial score (nSPS) is 14.9. The van der Waals surface area contributed by atoms with Crippen LogP contribution in [0.5, 0.6) is 0 Å². The maximum atomic E-state index is 13.2. The number of carbonyl (C=O) groups is 2. The molecule has 2 aromatic carbocycles. The Kier molecular flexibility index (Phi) is 6.77. The highest BCUT2D eigenvalue weighted by Gasteiger charge is 2.32. The minimum atomic E-state index is -3.71. The van der Waals surface area contributed by atoms with E-state index in [-0.39, 0.29) is 12.3 Å². The zero-order valence-corrected chi connectivity index (χ0v) is 18.1. The fraction of sp³-hybridized carbons (Fsp3) is 0.364. The van der Waals surface area contributed by atoms with Gasteiger partial charge in [0, 0.05) is 13.1 Å². The maximum absolute atomic E-state index is 13.2. The van der Waals surface area contributed by atoms with Crippen molar-refractivity contribution in [2.45, 2.75) is 32.2 Å². The lowest BCUT2D eigenvalue weighted by Gasteiger charge is -2.30. The zero-order valence-electron chi connectivity index (χ0n) is 17.2. The molecule has 0 bridgehead atoms. The lowest BCUT2D eigenvalue weighted by molar-refractivity contribution is -0.117. The molecule has 8 heteroatoms. The average molecular weight is 430 g/mol. The molecule has 3 rings (SSSR count). The number of likely N-dealkylation sites (tertiary alicyclic amines) is 1. The van der Waals surface area contributed by atoms with E-state index in [2.05, 4.69) is 5.32 Å². The molecule has 1 heterocycles. The molecule has 2 amide bonds. The van der Waals surface area contributed by atoms with E-state index < -0.39 is 22.0 Å². The van der Waals surface area contributed by atoms with Gasteiger partial charge >= 0.3 is 0 Å². The van der Waals surface area contributed by atoms with Gasteiger partial charge in [0.2, 0.25) is 15.9 Å². The number of rotatable bonds is 7. The number of hydrogen-bond donors (Lipinski definition) is 1. The second-order valence-corrected chi connectivity index (χ2v) is 9.21. The molecule has 0 radical (unpaired) electrons. The molecule has 0 spiro atoms. The molecular weight excluding hydrogens is 402 g/mol. The van der Waals surface area contributed by atoms with Crippen LogP contribution in [0.1, 0.15) is 36.5 Å². The van der Waals surface area contributed by atoms with Gasteiger partial charge in [0.1, 0.15) is 6.04 Å². The van der Waals surface area contributed by atoms with Crippen molar-refractivity contribution in [2.75, 3.05) is 29.0 Å². The fourth-order valence-corrected chi connectivity index (χ4v) is 4.93. The van der Waals surface area contributed by atoms with Gasteiger partial charge in [-0.3, -0.25) is 13.9 Å². The molecule has 0 aromatic heterocycles. The predicted molar refractivity (Wildman–Crippen MR) is 118 cm³/mol. The molecule has 1 aliphatic rings. The van der Waals surface area contributed by atoms with E-state index >= 15 is 0 Å². The largest absolute Gasteiger partial charge is 0.339 e. The third kappa shape index (κ3) is 4.81. The van der Waals surface area contributed by atoms with Crippen LogP contribution >= 0.6 is 0 Å². The van der Waals surface area contributed by atoms with Crippen molar-refractivity contribution in [3.63, 3.8) is 0 Å². The predicted octanol–water partition coefficient (Wildman–Crippen LogP) is 3.11. The van der Waals surface area contributed by atoms with Crippen LogP contribution in [-0.4, -0.2) is 50.5 Å². The number of sulfonamides is 1. The summed E-state index contributed by atoms with van der Waals surface area (Å²) < 4.78 is 26.2. The first kappa shape index (κ1) is 21.8. The summed E-state index contributed by atoms with van der Waals surface area (Å²) in [6.45, 7) is 3.16. The summed E-state index contributed by atoms with van der Waals surface area (Å²) >= 11 is 0. The summed E-state index contributed by atoms with van der Waals surface area (Å²) in [5.74, 6) is -0.604. The van der Waals surface area contributed by atoms with Crippen LogP contribution in [0.25, 0.3) is 0 Å². The third-order valence-corrected chi connectivity index (χ3v) is 6.33. The molecule has 1 fully saturated rings. The second kappa shape index (κ2) is 9.30. The van der Waals surface area contributed by atoms with Crippen LogP contribution in [0.4, 0.5) is 11.4 Å². The Hall–Kier alpha value is -2.87. The smallest absolute Gasteiger partial charge is 0.255 e. The van der Waals surface area contributed by atoms with Crippen molar-refractivity contribution in [2.24, 2.45) is 0 Å². The van der Waals surface area contributed by atoms with Crippen molar-refractivity contribution in [3.05, 3.63) is 60.2 Å². The van der Waals surface area contributed by atoms with E-state index in [1.165, 1.54) is 0 Å². The summed E-state index contributed by atoms with van der Waals surface area (Å²) in [5.41, 5.74) is 1.22. The summed E-state index contributed by atoms with van der Waals surface area (Å²) in [6.07, 6.45) is 3.30. The molecule has 7 nitrogen and oxygen atoms in total. The van der Waals surface area contributed by atoms with Crippen LogP contribution in [-0.2, 0) is 14.8 Å². The lowest BCUT2D eigenvalue weighted by atomic mass is 10.1. The minimum Gasteiger partial charge on any atom is -0.339 e. The van der Waals surface area contributed by atoms with Crippen LogP contribution in [0.15, 0.2) is 54.6 Å². The Morgan fingerprint density at radius 3 is 2.23 bits per heavy atom. The van der Waals surface area contributed by atoms with Gasteiger partial charge in [-0.05, 0) is 43.5 Å². The number of carbonyl (C=O) groups excluding carboxylic acids is 2. The number of hydrogen-bond acceptors (Lipinski definition) is 4.